The van der Waals surface area contributed by atoms with Crippen molar-refractivity contribution in [1.29, 1.82) is 0 Å². The van der Waals surface area contributed by atoms with Gasteiger partial charge in [0.15, 0.2) is 11.5 Å². The fourth-order valence-corrected chi connectivity index (χ4v) is 1.55. The molecule has 2 aromatic rings. The van der Waals surface area contributed by atoms with Crippen molar-refractivity contribution in [2.24, 2.45) is 0 Å². The normalized spacial score (nSPS) is 10.1. The number of halogens is 1. The molecule has 1 amide bonds. The van der Waals surface area contributed by atoms with Gasteiger partial charge in [-0.3, -0.25) is 19.9 Å². The van der Waals surface area contributed by atoms with E-state index in [1.54, 1.807) is 0 Å². The highest BCUT2D eigenvalue weighted by Crippen LogP contribution is 2.33. The van der Waals surface area contributed by atoms with E-state index >= 15 is 0 Å². The van der Waals surface area contributed by atoms with Crippen molar-refractivity contribution < 1.29 is 19.2 Å². The molecule has 8 heteroatoms. The Balaban J connectivity index is 2.38. The first-order valence-electron chi connectivity index (χ1n) is 5.38. The summed E-state index contributed by atoms with van der Waals surface area (Å²) in [7, 11) is 0. The van der Waals surface area contributed by atoms with Crippen molar-refractivity contribution in [2.75, 3.05) is 5.32 Å². The maximum Gasteiger partial charge on any atom is 0.296 e. The molecular formula is C12H8FN3O4. The monoisotopic (exact) mass is 277 g/mol. The van der Waals surface area contributed by atoms with E-state index in [-0.39, 0.29) is 5.56 Å². The van der Waals surface area contributed by atoms with Gasteiger partial charge in [0, 0.05) is 12.3 Å². The number of nitro groups is 1. The Morgan fingerprint density at radius 1 is 1.40 bits per heavy atom. The van der Waals surface area contributed by atoms with Crippen LogP contribution in [0.1, 0.15) is 10.4 Å². The summed E-state index contributed by atoms with van der Waals surface area (Å²) in [5.41, 5.74) is -1.22. The summed E-state index contributed by atoms with van der Waals surface area (Å²) in [6.07, 6.45) is 2.05. The Morgan fingerprint density at radius 3 is 2.80 bits per heavy atom. The average Bonchev–Trinajstić information content (AvgIpc) is 2.41. The number of rotatable bonds is 3. The molecule has 0 aliphatic rings. The van der Waals surface area contributed by atoms with Crippen LogP contribution in [0.5, 0.6) is 5.75 Å². The van der Waals surface area contributed by atoms with Crippen LogP contribution in [0.3, 0.4) is 0 Å². The molecule has 0 unspecified atom stereocenters. The molecule has 0 bridgehead atoms. The quantitative estimate of drug-likeness (QED) is 0.507. The molecule has 0 radical (unpaired) electrons. The Kier molecular flexibility index (Phi) is 3.56. The minimum Gasteiger partial charge on any atom is -0.505 e. The van der Waals surface area contributed by atoms with Gasteiger partial charge in [-0.15, -0.1) is 0 Å². The maximum atomic E-state index is 13.4. The molecule has 20 heavy (non-hydrogen) atoms. The number of carbonyl (C=O) groups excluding carboxylic acids is 1. The third-order valence-corrected chi connectivity index (χ3v) is 2.47. The number of amides is 1. The van der Waals surface area contributed by atoms with Gasteiger partial charge in [-0.25, -0.2) is 4.39 Å². The van der Waals surface area contributed by atoms with E-state index in [9.17, 15) is 24.4 Å². The second kappa shape index (κ2) is 5.31. The number of nitrogens with zero attached hydrogens (tertiary/aromatic N) is 2. The number of phenols is 1. The highest BCUT2D eigenvalue weighted by atomic mass is 19.1. The lowest BCUT2D eigenvalue weighted by Gasteiger charge is -2.08. The van der Waals surface area contributed by atoms with Crippen LogP contribution in [0, 0.1) is 15.9 Å². The van der Waals surface area contributed by atoms with Gasteiger partial charge in [-0.2, -0.15) is 0 Å². The molecule has 1 aromatic carbocycles. The van der Waals surface area contributed by atoms with Crippen molar-refractivity contribution in [3.8, 4) is 5.75 Å². The zero-order valence-electron chi connectivity index (χ0n) is 9.91. The van der Waals surface area contributed by atoms with E-state index in [4.69, 9.17) is 0 Å². The molecule has 0 spiro atoms. The number of hydrogen-bond donors (Lipinski definition) is 2. The molecular weight excluding hydrogens is 269 g/mol. The number of nitrogens with one attached hydrogen (secondary N) is 1. The number of aromatic nitrogens is 1. The van der Waals surface area contributed by atoms with Crippen molar-refractivity contribution >= 4 is 17.3 Å². The lowest BCUT2D eigenvalue weighted by Crippen LogP contribution is -2.15. The number of pyridine rings is 1. The third kappa shape index (κ3) is 2.53. The van der Waals surface area contributed by atoms with E-state index in [1.807, 2.05) is 0 Å². The average molecular weight is 277 g/mol. The third-order valence-electron chi connectivity index (χ3n) is 2.47. The van der Waals surface area contributed by atoms with Crippen molar-refractivity contribution in [2.45, 2.75) is 0 Å². The Morgan fingerprint density at radius 2 is 2.15 bits per heavy atom. The second-order valence-corrected chi connectivity index (χ2v) is 3.74. The Labute approximate surface area is 111 Å². The molecule has 0 atom stereocenters. The van der Waals surface area contributed by atoms with Crippen LogP contribution < -0.4 is 5.32 Å². The summed E-state index contributed by atoms with van der Waals surface area (Å²) >= 11 is 0. The SMILES string of the molecule is O=C(Nc1c(O)cccc1[N+](=O)[O-])c1ccncc1F. The van der Waals surface area contributed by atoms with Gasteiger partial charge < -0.3 is 10.4 Å². The summed E-state index contributed by atoms with van der Waals surface area (Å²) in [6.45, 7) is 0. The van der Waals surface area contributed by atoms with E-state index in [1.165, 1.54) is 18.3 Å². The molecule has 102 valence electrons. The zero-order valence-corrected chi connectivity index (χ0v) is 9.91. The van der Waals surface area contributed by atoms with Gasteiger partial charge >= 0.3 is 0 Å². The molecule has 7 nitrogen and oxygen atoms in total. The van der Waals surface area contributed by atoms with Crippen LogP contribution in [-0.2, 0) is 0 Å². The topological polar surface area (TPSA) is 105 Å². The standard InChI is InChI=1S/C12H8FN3O4/c13-8-6-14-5-4-7(8)12(18)15-11-9(16(19)20)2-1-3-10(11)17/h1-6,17H,(H,15,18). The molecule has 0 saturated heterocycles. The maximum absolute atomic E-state index is 13.4. The lowest BCUT2D eigenvalue weighted by atomic mass is 10.2. The summed E-state index contributed by atoms with van der Waals surface area (Å²) in [5, 5.41) is 22.5. The Hall–Kier alpha value is -3.03. The molecule has 1 aromatic heterocycles. The van der Waals surface area contributed by atoms with Gasteiger partial charge in [-0.05, 0) is 12.1 Å². The first kappa shape index (κ1) is 13.4. The number of nitro benzene ring substituents is 1. The fraction of sp³-hybridized carbons (Fsp3) is 0. The number of hydrogen-bond acceptors (Lipinski definition) is 5. The van der Waals surface area contributed by atoms with Crippen LogP contribution >= 0.6 is 0 Å². The van der Waals surface area contributed by atoms with Crippen molar-refractivity contribution in [3.63, 3.8) is 0 Å². The zero-order chi connectivity index (χ0) is 14.7. The number of carbonyl (C=O) groups is 1. The summed E-state index contributed by atoms with van der Waals surface area (Å²) in [6, 6.07) is 4.66. The first-order chi connectivity index (χ1) is 9.50. The van der Waals surface area contributed by atoms with Gasteiger partial charge in [0.25, 0.3) is 11.6 Å². The highest BCUT2D eigenvalue weighted by molar-refractivity contribution is 6.06. The fourth-order valence-electron chi connectivity index (χ4n) is 1.55. The van der Waals surface area contributed by atoms with Crippen LogP contribution in [0.15, 0.2) is 36.7 Å². The van der Waals surface area contributed by atoms with Crippen LogP contribution in [-0.4, -0.2) is 20.9 Å². The van der Waals surface area contributed by atoms with E-state index < -0.39 is 33.8 Å². The molecule has 0 fully saturated rings. The van der Waals surface area contributed by atoms with Gasteiger partial charge in [0.2, 0.25) is 0 Å². The van der Waals surface area contributed by atoms with Gasteiger partial charge in [-0.1, -0.05) is 6.07 Å². The molecule has 1 heterocycles. The summed E-state index contributed by atoms with van der Waals surface area (Å²) in [5.74, 6) is -2.28. The number of para-hydroxylation sites is 1. The second-order valence-electron chi connectivity index (χ2n) is 3.74. The predicted molar refractivity (Wildman–Crippen MR) is 66.9 cm³/mol. The van der Waals surface area contributed by atoms with Gasteiger partial charge in [0.05, 0.1) is 16.7 Å². The minimum atomic E-state index is -0.922. The molecule has 0 aliphatic heterocycles. The lowest BCUT2D eigenvalue weighted by molar-refractivity contribution is -0.384. The van der Waals surface area contributed by atoms with Gasteiger partial charge in [0.1, 0.15) is 5.75 Å². The smallest absolute Gasteiger partial charge is 0.296 e. The molecule has 0 aliphatic carbocycles. The highest BCUT2D eigenvalue weighted by Gasteiger charge is 2.21. The minimum absolute atomic E-state index is 0.336. The number of phenolic OH excluding ortho intramolecular Hbond substituents is 1. The van der Waals surface area contributed by atoms with E-state index in [0.29, 0.717) is 0 Å². The number of anilines is 1. The van der Waals surface area contributed by atoms with Crippen molar-refractivity contribution in [3.05, 3.63) is 58.2 Å². The number of benzene rings is 1. The van der Waals surface area contributed by atoms with E-state index in [2.05, 4.69) is 10.3 Å². The number of aromatic hydroxyl groups is 1. The Bertz CT molecular complexity index is 690. The summed E-state index contributed by atoms with van der Waals surface area (Å²) < 4.78 is 13.4. The first-order valence-corrected chi connectivity index (χ1v) is 5.38. The molecule has 0 saturated carbocycles. The van der Waals surface area contributed by atoms with Crippen LogP contribution in [0.4, 0.5) is 15.8 Å². The predicted octanol–water partition coefficient (Wildman–Crippen LogP) is 2.09. The van der Waals surface area contributed by atoms with Crippen LogP contribution in [0.25, 0.3) is 0 Å². The molecule has 2 rings (SSSR count). The molecule has 2 N–H and O–H groups in total. The van der Waals surface area contributed by atoms with E-state index in [0.717, 1.165) is 18.3 Å². The summed E-state index contributed by atoms with van der Waals surface area (Å²) in [4.78, 5) is 25.4. The van der Waals surface area contributed by atoms with Crippen LogP contribution in [0.2, 0.25) is 0 Å². The largest absolute Gasteiger partial charge is 0.505 e. The van der Waals surface area contributed by atoms with Crippen molar-refractivity contribution in [1.82, 2.24) is 4.98 Å².